The second kappa shape index (κ2) is 5.82. The van der Waals surface area contributed by atoms with Crippen LogP contribution < -0.4 is 0 Å². The Morgan fingerprint density at radius 2 is 1.33 bits per heavy atom. The summed E-state index contributed by atoms with van der Waals surface area (Å²) >= 11 is 0. The molecule has 0 amide bonds. The van der Waals surface area contributed by atoms with E-state index >= 15 is 0 Å². The van der Waals surface area contributed by atoms with Crippen molar-refractivity contribution in [2.75, 3.05) is 7.11 Å². The Balaban J connectivity index is 2.63. The number of carbonyl (C=O) groups is 1. The van der Waals surface area contributed by atoms with Crippen LogP contribution in [0.2, 0.25) is 0 Å². The molecule has 0 aliphatic heterocycles. The maximum absolute atomic E-state index is 11.1. The van der Waals surface area contributed by atoms with Gasteiger partial charge >= 0.3 is 0 Å². The molecule has 0 aromatic heterocycles. The molecular weight excluding hydrogens is 224 g/mol. The molecule has 0 saturated heterocycles. The first-order valence-electron chi connectivity index (χ1n) is 5.71. The van der Waals surface area contributed by atoms with Gasteiger partial charge in [-0.15, -0.1) is 0 Å². The molecule has 0 aliphatic carbocycles. The van der Waals surface area contributed by atoms with E-state index < -0.39 is 0 Å². The van der Waals surface area contributed by atoms with Gasteiger partial charge in [0.1, 0.15) is 0 Å². The van der Waals surface area contributed by atoms with Crippen LogP contribution in [0.5, 0.6) is 0 Å². The lowest BCUT2D eigenvalue weighted by Crippen LogP contribution is -1.97. The molecule has 2 aromatic rings. The lowest BCUT2D eigenvalue weighted by Gasteiger charge is -2.11. The summed E-state index contributed by atoms with van der Waals surface area (Å²) < 4.78 is 5.18. The highest BCUT2D eigenvalue weighted by molar-refractivity contribution is 5.92. The normalized spacial score (nSPS) is 9.61. The second-order valence-corrected chi connectivity index (χ2v) is 3.79. The third kappa shape index (κ3) is 2.48. The van der Waals surface area contributed by atoms with Gasteiger partial charge in [0.2, 0.25) is 0 Å². The van der Waals surface area contributed by atoms with Crippen molar-refractivity contribution in [3.05, 3.63) is 77.5 Å². The quantitative estimate of drug-likeness (QED) is 0.464. The highest BCUT2D eigenvalue weighted by Crippen LogP contribution is 2.26. The molecule has 0 heterocycles. The minimum atomic E-state index is 0.340. The Kier molecular flexibility index (Phi) is 3.92. The summed E-state index contributed by atoms with van der Waals surface area (Å²) in [6.07, 6.45) is 0.745. The van der Waals surface area contributed by atoms with Gasteiger partial charge in [0, 0.05) is 5.57 Å². The van der Waals surface area contributed by atoms with E-state index in [0.717, 1.165) is 23.0 Å². The lowest BCUT2D eigenvalue weighted by molar-refractivity contribution is -0.107. The van der Waals surface area contributed by atoms with E-state index in [0.29, 0.717) is 5.76 Å². The molecule has 2 aromatic carbocycles. The number of hydrogen-bond acceptors (Lipinski definition) is 2. The Morgan fingerprint density at radius 3 is 1.67 bits per heavy atom. The maximum atomic E-state index is 11.1. The van der Waals surface area contributed by atoms with Crippen molar-refractivity contribution in [3.8, 4) is 0 Å². The average Bonchev–Trinajstić information content (AvgIpc) is 2.46. The average molecular weight is 238 g/mol. The molecule has 0 saturated carbocycles. The van der Waals surface area contributed by atoms with Crippen LogP contribution in [0.1, 0.15) is 11.1 Å². The summed E-state index contributed by atoms with van der Waals surface area (Å²) in [6, 6.07) is 19.5. The summed E-state index contributed by atoms with van der Waals surface area (Å²) in [7, 11) is 1.51. The highest BCUT2D eigenvalue weighted by Gasteiger charge is 2.11. The third-order valence-corrected chi connectivity index (χ3v) is 2.70. The molecule has 18 heavy (non-hydrogen) atoms. The van der Waals surface area contributed by atoms with Gasteiger partial charge in [-0.25, -0.2) is 0 Å². The molecule has 0 fully saturated rings. The Hall–Kier alpha value is -2.35. The minimum absolute atomic E-state index is 0.340. The standard InChI is InChI=1S/C16H14O2/c1-18-15(12-17)16(13-8-4-2-5-9-13)14-10-6-3-7-11-14/h2-12H,1H3. The largest absolute Gasteiger partial charge is 0.493 e. The van der Waals surface area contributed by atoms with Gasteiger partial charge in [-0.1, -0.05) is 60.7 Å². The van der Waals surface area contributed by atoms with Crippen molar-refractivity contribution in [2.45, 2.75) is 0 Å². The SMILES string of the molecule is COC(C=O)=C(c1ccccc1)c1ccccc1. The molecule has 0 spiro atoms. The molecule has 2 nitrogen and oxygen atoms in total. The van der Waals surface area contributed by atoms with E-state index in [1.165, 1.54) is 7.11 Å². The number of benzene rings is 2. The molecule has 0 bridgehead atoms. The molecular formula is C16H14O2. The number of aldehydes is 1. The van der Waals surface area contributed by atoms with Crippen molar-refractivity contribution in [1.82, 2.24) is 0 Å². The Labute approximate surface area is 107 Å². The van der Waals surface area contributed by atoms with Crippen LogP contribution in [0.25, 0.3) is 5.57 Å². The zero-order valence-corrected chi connectivity index (χ0v) is 10.2. The van der Waals surface area contributed by atoms with E-state index in [2.05, 4.69) is 0 Å². The number of rotatable bonds is 4. The van der Waals surface area contributed by atoms with Crippen LogP contribution in [0.15, 0.2) is 66.4 Å². The van der Waals surface area contributed by atoms with Crippen LogP contribution >= 0.6 is 0 Å². The van der Waals surface area contributed by atoms with Crippen LogP contribution in [0, 0.1) is 0 Å². The first kappa shape index (κ1) is 12.1. The molecule has 0 aliphatic rings. The van der Waals surface area contributed by atoms with Crippen LogP contribution in [-0.4, -0.2) is 13.4 Å². The lowest BCUT2D eigenvalue weighted by atomic mass is 9.97. The van der Waals surface area contributed by atoms with Crippen molar-refractivity contribution < 1.29 is 9.53 Å². The number of carbonyl (C=O) groups excluding carboxylic acids is 1. The molecule has 0 radical (unpaired) electrons. The number of hydrogen-bond donors (Lipinski definition) is 0. The van der Waals surface area contributed by atoms with Gasteiger partial charge in [-0.05, 0) is 11.1 Å². The summed E-state index contributed by atoms with van der Waals surface area (Å²) in [6.45, 7) is 0. The molecule has 0 N–H and O–H groups in total. The van der Waals surface area contributed by atoms with Crippen LogP contribution in [0.3, 0.4) is 0 Å². The summed E-state index contributed by atoms with van der Waals surface area (Å²) in [5, 5.41) is 0. The predicted molar refractivity (Wildman–Crippen MR) is 72.0 cm³/mol. The first-order chi connectivity index (χ1) is 8.86. The monoisotopic (exact) mass is 238 g/mol. The fourth-order valence-corrected chi connectivity index (χ4v) is 1.87. The van der Waals surface area contributed by atoms with Crippen LogP contribution in [-0.2, 0) is 9.53 Å². The molecule has 0 atom stereocenters. The highest BCUT2D eigenvalue weighted by atomic mass is 16.5. The van der Waals surface area contributed by atoms with Crippen molar-refractivity contribution in [1.29, 1.82) is 0 Å². The zero-order chi connectivity index (χ0) is 12.8. The molecule has 2 heteroatoms. The number of methoxy groups -OCH3 is 1. The summed E-state index contributed by atoms with van der Waals surface area (Å²) in [5.41, 5.74) is 2.74. The van der Waals surface area contributed by atoms with E-state index in [1.807, 2.05) is 60.7 Å². The minimum Gasteiger partial charge on any atom is -0.493 e. The summed E-state index contributed by atoms with van der Waals surface area (Å²) in [4.78, 5) is 11.1. The van der Waals surface area contributed by atoms with Gasteiger partial charge in [0.25, 0.3) is 0 Å². The van der Waals surface area contributed by atoms with Gasteiger partial charge in [0.05, 0.1) is 7.11 Å². The third-order valence-electron chi connectivity index (χ3n) is 2.70. The fourth-order valence-electron chi connectivity index (χ4n) is 1.87. The molecule has 2 rings (SSSR count). The topological polar surface area (TPSA) is 26.3 Å². The second-order valence-electron chi connectivity index (χ2n) is 3.79. The fraction of sp³-hybridized carbons (Fsp3) is 0.0625. The van der Waals surface area contributed by atoms with Crippen molar-refractivity contribution in [3.63, 3.8) is 0 Å². The van der Waals surface area contributed by atoms with Crippen molar-refractivity contribution >= 4 is 11.9 Å². The predicted octanol–water partition coefficient (Wildman–Crippen LogP) is 3.29. The smallest absolute Gasteiger partial charge is 0.185 e. The Morgan fingerprint density at radius 1 is 0.889 bits per heavy atom. The van der Waals surface area contributed by atoms with Gasteiger partial charge in [0.15, 0.2) is 12.0 Å². The van der Waals surface area contributed by atoms with E-state index in [4.69, 9.17) is 4.74 Å². The first-order valence-corrected chi connectivity index (χ1v) is 5.71. The maximum Gasteiger partial charge on any atom is 0.185 e. The van der Waals surface area contributed by atoms with Gasteiger partial charge in [-0.2, -0.15) is 0 Å². The van der Waals surface area contributed by atoms with E-state index in [9.17, 15) is 4.79 Å². The van der Waals surface area contributed by atoms with Crippen LogP contribution in [0.4, 0.5) is 0 Å². The number of ether oxygens (including phenoxy) is 1. The molecule has 90 valence electrons. The number of allylic oxidation sites excluding steroid dienone is 1. The summed E-state index contributed by atoms with van der Waals surface area (Å²) in [5.74, 6) is 0.340. The zero-order valence-electron chi connectivity index (χ0n) is 10.2. The van der Waals surface area contributed by atoms with Crippen molar-refractivity contribution in [2.24, 2.45) is 0 Å². The van der Waals surface area contributed by atoms with Gasteiger partial charge < -0.3 is 4.74 Å². The van der Waals surface area contributed by atoms with E-state index in [1.54, 1.807) is 0 Å². The van der Waals surface area contributed by atoms with E-state index in [-0.39, 0.29) is 0 Å². The van der Waals surface area contributed by atoms with Gasteiger partial charge in [-0.3, -0.25) is 4.79 Å². The Bertz CT molecular complexity index is 500. The molecule has 0 unspecified atom stereocenters.